The monoisotopic (exact) mass is 227 g/mol. The van der Waals surface area contributed by atoms with Crippen molar-refractivity contribution in [2.45, 2.75) is 13.0 Å². The Hall–Kier alpha value is -1.33. The van der Waals surface area contributed by atoms with E-state index in [0.717, 1.165) is 0 Å². The first-order valence-corrected chi connectivity index (χ1v) is 5.13. The second-order valence-corrected chi connectivity index (χ2v) is 3.88. The van der Waals surface area contributed by atoms with Crippen molar-refractivity contribution in [1.29, 1.82) is 0 Å². The normalized spacial score (nSPS) is 21.0. The van der Waals surface area contributed by atoms with E-state index in [4.69, 9.17) is 4.74 Å². The second-order valence-electron chi connectivity index (χ2n) is 3.88. The summed E-state index contributed by atoms with van der Waals surface area (Å²) in [6, 6.07) is 1.34. The third-order valence-corrected chi connectivity index (χ3v) is 2.73. The number of phenols is 2. The molecule has 2 rings (SSSR count). The van der Waals surface area contributed by atoms with Crippen molar-refractivity contribution in [3.05, 3.63) is 23.0 Å². The van der Waals surface area contributed by atoms with Gasteiger partial charge in [-0.1, -0.05) is 0 Å². The van der Waals surface area contributed by atoms with Crippen LogP contribution in [0, 0.1) is 12.7 Å². The molecule has 3 N–H and O–H groups in total. The predicted molar refractivity (Wildman–Crippen MR) is 56.0 cm³/mol. The van der Waals surface area contributed by atoms with E-state index in [-0.39, 0.29) is 6.04 Å². The van der Waals surface area contributed by atoms with Crippen molar-refractivity contribution in [3.63, 3.8) is 0 Å². The average molecular weight is 227 g/mol. The summed E-state index contributed by atoms with van der Waals surface area (Å²) < 4.78 is 18.7. The predicted octanol–water partition coefficient (Wildman–Crippen LogP) is 1.21. The molecule has 1 aromatic rings. The molecule has 0 amide bonds. The van der Waals surface area contributed by atoms with Gasteiger partial charge in [0.25, 0.3) is 0 Å². The Bertz CT molecular complexity index is 403. The summed E-state index contributed by atoms with van der Waals surface area (Å²) in [4.78, 5) is 0. The molecule has 4 nitrogen and oxygen atoms in total. The van der Waals surface area contributed by atoms with Gasteiger partial charge in [-0.05, 0) is 18.6 Å². The lowest BCUT2D eigenvalue weighted by atomic mass is 10.0. The summed E-state index contributed by atoms with van der Waals surface area (Å²) in [6.07, 6.45) is 0. The molecule has 88 valence electrons. The van der Waals surface area contributed by atoms with Gasteiger partial charge in [0, 0.05) is 12.1 Å². The maximum Gasteiger partial charge on any atom is 0.206 e. The number of phenolic OH excluding ortho intramolecular Hbond substituents is 2. The molecule has 1 atom stereocenters. The molecule has 1 aromatic carbocycles. The number of halogens is 1. The fraction of sp³-hybridized carbons (Fsp3) is 0.455. The van der Waals surface area contributed by atoms with Gasteiger partial charge in [0.15, 0.2) is 11.5 Å². The third-order valence-electron chi connectivity index (χ3n) is 2.73. The number of ether oxygens (including phenoxy) is 1. The van der Waals surface area contributed by atoms with Crippen LogP contribution in [0.2, 0.25) is 0 Å². The summed E-state index contributed by atoms with van der Waals surface area (Å²) >= 11 is 0. The van der Waals surface area contributed by atoms with Crippen LogP contribution in [0.3, 0.4) is 0 Å². The Kier molecular flexibility index (Phi) is 2.98. The lowest BCUT2D eigenvalue weighted by molar-refractivity contribution is 0.0758. The number of aryl methyl sites for hydroxylation is 1. The van der Waals surface area contributed by atoms with Gasteiger partial charge < -0.3 is 20.3 Å². The quantitative estimate of drug-likeness (QED) is 0.674. The minimum Gasteiger partial charge on any atom is -0.505 e. The van der Waals surface area contributed by atoms with Crippen LogP contribution < -0.4 is 5.32 Å². The Labute approximate surface area is 92.7 Å². The van der Waals surface area contributed by atoms with Crippen molar-refractivity contribution in [2.24, 2.45) is 0 Å². The highest BCUT2D eigenvalue weighted by Crippen LogP contribution is 2.35. The van der Waals surface area contributed by atoms with Crippen LogP contribution in [0.5, 0.6) is 11.5 Å². The standard InChI is InChI=1S/C11H14FNO3/c1-6-4-7(8-5-16-3-2-13-8)11(15)9(12)10(6)14/h4,8,13-15H,2-3,5H2,1H3. The Morgan fingerprint density at radius 3 is 2.81 bits per heavy atom. The average Bonchev–Trinajstić information content (AvgIpc) is 2.32. The molecule has 0 radical (unpaired) electrons. The fourth-order valence-electron chi connectivity index (χ4n) is 1.81. The number of aromatic hydroxyl groups is 2. The molecule has 1 saturated heterocycles. The summed E-state index contributed by atoms with van der Waals surface area (Å²) in [7, 11) is 0. The van der Waals surface area contributed by atoms with Gasteiger partial charge in [-0.25, -0.2) is 0 Å². The van der Waals surface area contributed by atoms with Crippen molar-refractivity contribution in [1.82, 2.24) is 5.32 Å². The molecule has 5 heteroatoms. The van der Waals surface area contributed by atoms with Crippen molar-refractivity contribution in [3.8, 4) is 11.5 Å². The number of hydrogen-bond donors (Lipinski definition) is 3. The molecule has 1 aliphatic heterocycles. The van der Waals surface area contributed by atoms with Crippen molar-refractivity contribution in [2.75, 3.05) is 19.8 Å². The lowest BCUT2D eigenvalue weighted by Crippen LogP contribution is -2.34. The van der Waals surface area contributed by atoms with E-state index in [1.807, 2.05) is 0 Å². The number of nitrogens with one attached hydrogen (secondary N) is 1. The zero-order valence-corrected chi connectivity index (χ0v) is 8.96. The molecule has 0 spiro atoms. The van der Waals surface area contributed by atoms with E-state index in [1.165, 1.54) is 0 Å². The van der Waals surface area contributed by atoms with E-state index >= 15 is 0 Å². The molecular weight excluding hydrogens is 213 g/mol. The maximum absolute atomic E-state index is 13.4. The Balaban J connectivity index is 2.40. The van der Waals surface area contributed by atoms with Crippen LogP contribution in [-0.4, -0.2) is 30.0 Å². The summed E-state index contributed by atoms with van der Waals surface area (Å²) in [5.74, 6) is -1.98. The molecule has 1 heterocycles. The maximum atomic E-state index is 13.4. The van der Waals surface area contributed by atoms with Crippen LogP contribution >= 0.6 is 0 Å². The largest absolute Gasteiger partial charge is 0.505 e. The highest BCUT2D eigenvalue weighted by molar-refractivity contribution is 5.47. The molecule has 1 fully saturated rings. The van der Waals surface area contributed by atoms with Gasteiger partial charge >= 0.3 is 0 Å². The molecule has 16 heavy (non-hydrogen) atoms. The minimum atomic E-state index is -0.970. The van der Waals surface area contributed by atoms with Gasteiger partial charge in [-0.15, -0.1) is 0 Å². The van der Waals surface area contributed by atoms with Gasteiger partial charge in [0.1, 0.15) is 0 Å². The number of benzene rings is 1. The number of rotatable bonds is 1. The zero-order chi connectivity index (χ0) is 11.7. The topological polar surface area (TPSA) is 61.7 Å². The van der Waals surface area contributed by atoms with E-state index < -0.39 is 17.3 Å². The first-order chi connectivity index (χ1) is 7.61. The van der Waals surface area contributed by atoms with Crippen LogP contribution in [0.1, 0.15) is 17.2 Å². The zero-order valence-electron chi connectivity index (χ0n) is 8.96. The van der Waals surface area contributed by atoms with Gasteiger partial charge in [0.05, 0.1) is 19.3 Å². The van der Waals surface area contributed by atoms with Crippen LogP contribution in [0.25, 0.3) is 0 Å². The van der Waals surface area contributed by atoms with Gasteiger partial charge in [-0.3, -0.25) is 0 Å². The van der Waals surface area contributed by atoms with E-state index in [9.17, 15) is 14.6 Å². The second kappa shape index (κ2) is 4.27. The molecule has 0 saturated carbocycles. The third kappa shape index (κ3) is 1.83. The fourth-order valence-corrected chi connectivity index (χ4v) is 1.81. The molecule has 1 unspecified atom stereocenters. The van der Waals surface area contributed by atoms with E-state index in [2.05, 4.69) is 5.32 Å². The van der Waals surface area contributed by atoms with Crippen LogP contribution in [0.15, 0.2) is 6.07 Å². The van der Waals surface area contributed by atoms with E-state index in [0.29, 0.717) is 30.9 Å². The molecular formula is C11H14FNO3. The van der Waals surface area contributed by atoms with Crippen LogP contribution in [0.4, 0.5) is 4.39 Å². The van der Waals surface area contributed by atoms with E-state index in [1.54, 1.807) is 13.0 Å². The number of hydrogen-bond acceptors (Lipinski definition) is 4. The Morgan fingerprint density at radius 2 is 2.19 bits per heavy atom. The van der Waals surface area contributed by atoms with Crippen LogP contribution in [-0.2, 0) is 4.74 Å². The van der Waals surface area contributed by atoms with Crippen molar-refractivity contribution < 1.29 is 19.3 Å². The summed E-state index contributed by atoms with van der Waals surface area (Å²) in [5.41, 5.74) is 0.824. The summed E-state index contributed by atoms with van der Waals surface area (Å²) in [5, 5.41) is 22.1. The van der Waals surface area contributed by atoms with Crippen molar-refractivity contribution >= 4 is 0 Å². The molecule has 1 aliphatic rings. The molecule has 0 aromatic heterocycles. The lowest BCUT2D eigenvalue weighted by Gasteiger charge is -2.25. The smallest absolute Gasteiger partial charge is 0.206 e. The molecule has 0 bridgehead atoms. The highest BCUT2D eigenvalue weighted by atomic mass is 19.1. The van der Waals surface area contributed by atoms with Gasteiger partial charge in [-0.2, -0.15) is 4.39 Å². The first-order valence-electron chi connectivity index (χ1n) is 5.13. The minimum absolute atomic E-state index is 0.234. The molecule has 0 aliphatic carbocycles. The Morgan fingerprint density at radius 1 is 1.44 bits per heavy atom. The summed E-state index contributed by atoms with van der Waals surface area (Å²) in [6.45, 7) is 3.24. The highest BCUT2D eigenvalue weighted by Gasteiger charge is 2.23. The van der Waals surface area contributed by atoms with Gasteiger partial charge in [0.2, 0.25) is 5.82 Å². The first kappa shape index (κ1) is 11.2. The number of morpholine rings is 1. The SMILES string of the molecule is Cc1cc(C2COCCN2)c(O)c(F)c1O.